The summed E-state index contributed by atoms with van der Waals surface area (Å²) in [6.45, 7) is 3.31. The quantitative estimate of drug-likeness (QED) is 0.747. The molecule has 4 heteroatoms. The molecule has 1 unspecified atom stereocenters. The van der Waals surface area contributed by atoms with E-state index in [0.717, 1.165) is 29.6 Å². The lowest BCUT2D eigenvalue weighted by Crippen LogP contribution is -2.26. The van der Waals surface area contributed by atoms with Crippen molar-refractivity contribution in [1.82, 2.24) is 9.13 Å². The lowest BCUT2D eigenvalue weighted by molar-refractivity contribution is 0.155. The van der Waals surface area contributed by atoms with Crippen LogP contribution in [0.1, 0.15) is 25.0 Å². The van der Waals surface area contributed by atoms with Crippen LogP contribution in [-0.4, -0.2) is 14.2 Å². The third-order valence-corrected chi connectivity index (χ3v) is 3.96. The number of rotatable bonds is 5. The molecule has 1 aromatic heterocycles. The van der Waals surface area contributed by atoms with Gasteiger partial charge >= 0.3 is 0 Å². The first-order valence-electron chi connectivity index (χ1n) is 7.68. The second-order valence-electron chi connectivity index (χ2n) is 5.50. The van der Waals surface area contributed by atoms with Crippen LogP contribution >= 0.6 is 0 Å². The van der Waals surface area contributed by atoms with E-state index in [2.05, 4.69) is 6.92 Å². The lowest BCUT2D eigenvalue weighted by Gasteiger charge is -2.12. The van der Waals surface area contributed by atoms with Crippen LogP contribution < -0.4 is 5.62 Å². The molecule has 3 aromatic rings. The number of aromatic nitrogens is 2. The third kappa shape index (κ3) is 2.57. The van der Waals surface area contributed by atoms with Crippen molar-refractivity contribution in [3.8, 4) is 0 Å². The van der Waals surface area contributed by atoms with Crippen molar-refractivity contribution in [3.63, 3.8) is 0 Å². The van der Waals surface area contributed by atoms with Crippen molar-refractivity contribution >= 4 is 11.0 Å². The molecule has 0 amide bonds. The van der Waals surface area contributed by atoms with Crippen LogP contribution in [0.2, 0.25) is 0 Å². The molecule has 114 valence electrons. The minimum atomic E-state index is -0.615. The van der Waals surface area contributed by atoms with Crippen LogP contribution in [0.3, 0.4) is 0 Å². The maximum atomic E-state index is 10.5. The molecule has 0 bridgehead atoms. The number of benzene rings is 2. The fourth-order valence-electron chi connectivity index (χ4n) is 2.88. The Kier molecular flexibility index (Phi) is 4.11. The van der Waals surface area contributed by atoms with Crippen LogP contribution in [0.4, 0.5) is 0 Å². The average Bonchev–Trinajstić information content (AvgIpc) is 2.82. The summed E-state index contributed by atoms with van der Waals surface area (Å²) in [6.07, 6.45) is 0.363. The van der Waals surface area contributed by atoms with E-state index >= 15 is 0 Å². The topological polar surface area (TPSA) is 53.9 Å². The summed E-state index contributed by atoms with van der Waals surface area (Å²) >= 11 is 0. The minimum Gasteiger partial charge on any atom is -0.387 e. The van der Waals surface area contributed by atoms with Crippen molar-refractivity contribution < 1.29 is 5.11 Å². The Hall–Kier alpha value is -2.33. The van der Waals surface area contributed by atoms with Gasteiger partial charge in [-0.1, -0.05) is 49.4 Å². The number of aliphatic hydroxyl groups excluding tert-OH is 1. The Morgan fingerprint density at radius 2 is 1.55 bits per heavy atom. The number of hydrogen-bond donors (Lipinski definition) is 2. The SMILES string of the molecule is CCCn1c(=N)n(CC(O)c2ccccc2)c2ccccc21. The van der Waals surface area contributed by atoms with Gasteiger partial charge in [0.1, 0.15) is 0 Å². The third-order valence-electron chi connectivity index (χ3n) is 3.96. The molecule has 0 fully saturated rings. The van der Waals surface area contributed by atoms with Crippen LogP contribution in [0.25, 0.3) is 11.0 Å². The Bertz CT molecular complexity index is 817. The molecular formula is C18H21N3O. The number of nitrogens with zero attached hydrogens (tertiary/aromatic N) is 2. The highest BCUT2D eigenvalue weighted by Gasteiger charge is 2.14. The van der Waals surface area contributed by atoms with Gasteiger partial charge in [-0.2, -0.15) is 0 Å². The van der Waals surface area contributed by atoms with Gasteiger partial charge in [-0.05, 0) is 24.1 Å². The molecule has 4 nitrogen and oxygen atoms in total. The molecule has 0 saturated carbocycles. The number of nitrogens with one attached hydrogen (secondary N) is 1. The normalized spacial score (nSPS) is 12.6. The average molecular weight is 295 g/mol. The van der Waals surface area contributed by atoms with E-state index < -0.39 is 6.10 Å². The maximum Gasteiger partial charge on any atom is 0.203 e. The van der Waals surface area contributed by atoms with E-state index in [1.54, 1.807) is 0 Å². The van der Waals surface area contributed by atoms with Gasteiger partial charge in [-0.15, -0.1) is 0 Å². The fraction of sp³-hybridized carbons (Fsp3) is 0.278. The zero-order valence-electron chi connectivity index (χ0n) is 12.7. The fourth-order valence-corrected chi connectivity index (χ4v) is 2.88. The van der Waals surface area contributed by atoms with Gasteiger partial charge in [-0.25, -0.2) is 0 Å². The molecule has 2 aromatic carbocycles. The van der Waals surface area contributed by atoms with Crippen molar-refractivity contribution in [2.75, 3.05) is 0 Å². The van der Waals surface area contributed by atoms with E-state index in [9.17, 15) is 5.11 Å². The maximum absolute atomic E-state index is 10.5. The molecule has 2 N–H and O–H groups in total. The highest BCUT2D eigenvalue weighted by atomic mass is 16.3. The Morgan fingerprint density at radius 1 is 0.955 bits per heavy atom. The molecule has 1 atom stereocenters. The largest absolute Gasteiger partial charge is 0.387 e. The summed E-state index contributed by atoms with van der Waals surface area (Å²) < 4.78 is 3.90. The van der Waals surface area contributed by atoms with E-state index in [1.165, 1.54) is 0 Å². The first-order chi connectivity index (χ1) is 10.7. The monoisotopic (exact) mass is 295 g/mol. The Labute approximate surface area is 129 Å². The molecule has 0 saturated heterocycles. The Morgan fingerprint density at radius 3 is 2.18 bits per heavy atom. The van der Waals surface area contributed by atoms with Gasteiger partial charge in [-0.3, -0.25) is 5.41 Å². The summed E-state index contributed by atoms with van der Waals surface area (Å²) in [5.74, 6) is 0. The van der Waals surface area contributed by atoms with E-state index in [4.69, 9.17) is 5.41 Å². The van der Waals surface area contributed by atoms with E-state index in [0.29, 0.717) is 12.2 Å². The van der Waals surface area contributed by atoms with Crippen LogP contribution in [0.5, 0.6) is 0 Å². The predicted molar refractivity (Wildman–Crippen MR) is 87.5 cm³/mol. The number of fused-ring (bicyclic) bond motifs is 1. The highest BCUT2D eigenvalue weighted by molar-refractivity contribution is 5.75. The summed E-state index contributed by atoms with van der Waals surface area (Å²) in [5.41, 5.74) is 3.37. The highest BCUT2D eigenvalue weighted by Crippen LogP contribution is 2.18. The van der Waals surface area contributed by atoms with Gasteiger partial charge in [0.15, 0.2) is 0 Å². The second-order valence-corrected chi connectivity index (χ2v) is 5.50. The molecule has 0 aliphatic rings. The van der Waals surface area contributed by atoms with Gasteiger partial charge in [0, 0.05) is 6.54 Å². The first kappa shape index (κ1) is 14.6. The predicted octanol–water partition coefficient (Wildman–Crippen LogP) is 3.07. The summed E-state index contributed by atoms with van der Waals surface area (Å²) in [7, 11) is 0. The number of aliphatic hydroxyl groups is 1. The van der Waals surface area contributed by atoms with Crippen molar-refractivity contribution in [2.24, 2.45) is 0 Å². The number of aryl methyl sites for hydroxylation is 1. The Balaban J connectivity index is 2.04. The van der Waals surface area contributed by atoms with Crippen molar-refractivity contribution in [3.05, 3.63) is 65.8 Å². The van der Waals surface area contributed by atoms with E-state index in [-0.39, 0.29) is 0 Å². The minimum absolute atomic E-state index is 0.389. The van der Waals surface area contributed by atoms with Crippen molar-refractivity contribution in [1.29, 1.82) is 5.41 Å². The van der Waals surface area contributed by atoms with Crippen LogP contribution in [0.15, 0.2) is 54.6 Å². The molecule has 0 aliphatic carbocycles. The van der Waals surface area contributed by atoms with Gasteiger partial charge in [0.25, 0.3) is 0 Å². The van der Waals surface area contributed by atoms with Crippen LogP contribution in [0, 0.1) is 5.41 Å². The van der Waals surface area contributed by atoms with Crippen LogP contribution in [-0.2, 0) is 13.1 Å². The van der Waals surface area contributed by atoms with Crippen molar-refractivity contribution in [2.45, 2.75) is 32.5 Å². The molecule has 0 radical (unpaired) electrons. The van der Waals surface area contributed by atoms with Gasteiger partial charge in [0.05, 0.1) is 23.7 Å². The number of imidazole rings is 1. The molecule has 1 heterocycles. The zero-order chi connectivity index (χ0) is 15.5. The summed E-state index contributed by atoms with van der Waals surface area (Å²) in [4.78, 5) is 0. The smallest absolute Gasteiger partial charge is 0.203 e. The second kappa shape index (κ2) is 6.20. The number of para-hydroxylation sites is 2. The first-order valence-corrected chi connectivity index (χ1v) is 7.68. The number of hydrogen-bond acceptors (Lipinski definition) is 2. The molecular weight excluding hydrogens is 274 g/mol. The van der Waals surface area contributed by atoms with Gasteiger partial charge < -0.3 is 14.2 Å². The summed E-state index contributed by atoms with van der Waals surface area (Å²) in [6, 6.07) is 17.6. The van der Waals surface area contributed by atoms with Gasteiger partial charge in [0.2, 0.25) is 5.62 Å². The lowest BCUT2D eigenvalue weighted by atomic mass is 10.1. The molecule has 22 heavy (non-hydrogen) atoms. The molecule has 3 rings (SSSR count). The molecule has 0 aliphatic heterocycles. The molecule has 0 spiro atoms. The standard InChI is InChI=1S/C18H21N3O/c1-2-12-20-15-10-6-7-11-16(15)21(18(20)19)13-17(22)14-8-4-3-5-9-14/h3-11,17,19,22H,2,12-13H2,1H3. The summed E-state index contributed by atoms with van der Waals surface area (Å²) in [5, 5.41) is 18.9. The van der Waals surface area contributed by atoms with E-state index in [1.807, 2.05) is 63.7 Å². The zero-order valence-corrected chi connectivity index (χ0v) is 12.7.